The molecule has 1 aliphatic heterocycles. The minimum Gasteiger partial charge on any atom is -0.301 e. The van der Waals surface area contributed by atoms with Crippen molar-refractivity contribution in [2.24, 2.45) is 4.99 Å². The van der Waals surface area contributed by atoms with E-state index in [-0.39, 0.29) is 0 Å². The summed E-state index contributed by atoms with van der Waals surface area (Å²) >= 11 is 0. The molecule has 1 atom stereocenters. The lowest BCUT2D eigenvalue weighted by molar-refractivity contribution is 0.104. The summed E-state index contributed by atoms with van der Waals surface area (Å²) in [6, 6.07) is 1.06. The smallest absolute Gasteiger partial charge is 0.0701 e. The third kappa shape index (κ3) is 6.80. The summed E-state index contributed by atoms with van der Waals surface area (Å²) in [5, 5.41) is 0. The van der Waals surface area contributed by atoms with Crippen molar-refractivity contribution in [3.8, 4) is 0 Å². The minimum absolute atomic E-state index is 0.340. The standard InChI is InChI=1S/C26H39N3/c1-6-10-14-24(21-26(27-7-2)23-15-12-11-13-16-23)22(5)29-19-17-25(18-20-29)28(8-3)9-4/h6-7,10,12,14-16,21-22,25H,1-2,8-9,11,13,17-20H2,3-5H3/b14-10+,24-21+,27-26?. The molecular formula is C26H39N3. The van der Waals surface area contributed by atoms with Crippen LogP contribution in [0.4, 0.5) is 0 Å². The van der Waals surface area contributed by atoms with Crippen molar-refractivity contribution in [1.82, 2.24) is 9.80 Å². The van der Waals surface area contributed by atoms with Crippen LogP contribution in [0, 0.1) is 0 Å². The summed E-state index contributed by atoms with van der Waals surface area (Å²) in [5.74, 6) is 0. The molecule has 29 heavy (non-hydrogen) atoms. The average molecular weight is 394 g/mol. The Hall–Kier alpha value is -1.97. The van der Waals surface area contributed by atoms with Crippen molar-refractivity contribution in [1.29, 1.82) is 0 Å². The topological polar surface area (TPSA) is 18.8 Å². The monoisotopic (exact) mass is 393 g/mol. The van der Waals surface area contributed by atoms with Gasteiger partial charge in [-0.15, -0.1) is 0 Å². The maximum Gasteiger partial charge on any atom is 0.0701 e. The van der Waals surface area contributed by atoms with Gasteiger partial charge in [0.05, 0.1) is 5.71 Å². The van der Waals surface area contributed by atoms with E-state index in [4.69, 9.17) is 0 Å². The van der Waals surface area contributed by atoms with E-state index in [0.717, 1.165) is 50.8 Å². The number of likely N-dealkylation sites (tertiary alicyclic amines) is 1. The Morgan fingerprint density at radius 3 is 2.52 bits per heavy atom. The van der Waals surface area contributed by atoms with Gasteiger partial charge in [-0.3, -0.25) is 9.89 Å². The van der Waals surface area contributed by atoms with Crippen LogP contribution in [-0.2, 0) is 0 Å². The first-order chi connectivity index (χ1) is 14.1. The molecule has 1 saturated heterocycles. The molecule has 0 aromatic heterocycles. The first-order valence-electron chi connectivity index (χ1n) is 11.2. The molecule has 1 fully saturated rings. The van der Waals surface area contributed by atoms with Gasteiger partial charge in [0.25, 0.3) is 0 Å². The normalized spacial score (nSPS) is 20.9. The summed E-state index contributed by atoms with van der Waals surface area (Å²) < 4.78 is 0. The fraction of sp³-hybridized carbons (Fsp3) is 0.500. The molecule has 2 rings (SSSR count). The van der Waals surface area contributed by atoms with Crippen LogP contribution in [0.15, 0.2) is 78.0 Å². The highest BCUT2D eigenvalue weighted by Gasteiger charge is 2.26. The van der Waals surface area contributed by atoms with Crippen LogP contribution in [0.3, 0.4) is 0 Å². The van der Waals surface area contributed by atoms with E-state index in [0.29, 0.717) is 6.04 Å². The number of hydrogen-bond donors (Lipinski definition) is 0. The molecular weight excluding hydrogens is 354 g/mol. The van der Waals surface area contributed by atoms with E-state index < -0.39 is 0 Å². The molecule has 0 aromatic carbocycles. The van der Waals surface area contributed by atoms with E-state index in [1.165, 1.54) is 24.0 Å². The molecule has 0 saturated carbocycles. The molecule has 1 heterocycles. The third-order valence-electron chi connectivity index (χ3n) is 6.11. The molecule has 0 amide bonds. The average Bonchev–Trinajstić information content (AvgIpc) is 2.77. The molecule has 158 valence electrons. The molecule has 0 bridgehead atoms. The van der Waals surface area contributed by atoms with Crippen LogP contribution in [0.5, 0.6) is 0 Å². The first kappa shape index (κ1) is 23.3. The largest absolute Gasteiger partial charge is 0.301 e. The quantitative estimate of drug-likeness (QED) is 0.350. The van der Waals surface area contributed by atoms with Crippen LogP contribution < -0.4 is 0 Å². The highest BCUT2D eigenvalue weighted by molar-refractivity contribution is 6.11. The van der Waals surface area contributed by atoms with Crippen LogP contribution in [0.2, 0.25) is 0 Å². The Balaban J connectivity index is 2.19. The maximum absolute atomic E-state index is 4.58. The van der Waals surface area contributed by atoms with Gasteiger partial charge in [-0.25, -0.2) is 0 Å². The molecule has 2 aliphatic rings. The first-order valence-corrected chi connectivity index (χ1v) is 11.2. The van der Waals surface area contributed by atoms with Gasteiger partial charge >= 0.3 is 0 Å². The van der Waals surface area contributed by atoms with Gasteiger partial charge in [0, 0.05) is 31.4 Å². The third-order valence-corrected chi connectivity index (χ3v) is 6.11. The maximum atomic E-state index is 4.58. The molecule has 0 aromatic rings. The Labute approximate surface area is 178 Å². The van der Waals surface area contributed by atoms with Crippen LogP contribution in [0.25, 0.3) is 0 Å². The number of aliphatic imine (C=N–C) groups is 1. The lowest BCUT2D eigenvalue weighted by Gasteiger charge is -2.40. The van der Waals surface area contributed by atoms with Gasteiger partial charge in [0.1, 0.15) is 0 Å². The fourth-order valence-corrected chi connectivity index (χ4v) is 4.33. The lowest BCUT2D eigenvalue weighted by Crippen LogP contribution is -2.47. The van der Waals surface area contributed by atoms with E-state index >= 15 is 0 Å². The lowest BCUT2D eigenvalue weighted by atomic mass is 9.95. The van der Waals surface area contributed by atoms with E-state index in [2.05, 4.69) is 79.1 Å². The van der Waals surface area contributed by atoms with Gasteiger partial charge in [-0.2, -0.15) is 0 Å². The summed E-state index contributed by atoms with van der Waals surface area (Å²) in [5.41, 5.74) is 3.45. The van der Waals surface area contributed by atoms with Crippen molar-refractivity contribution < 1.29 is 0 Å². The van der Waals surface area contributed by atoms with Crippen LogP contribution in [0.1, 0.15) is 46.5 Å². The highest BCUT2D eigenvalue weighted by atomic mass is 15.2. The van der Waals surface area contributed by atoms with E-state index in [1.807, 2.05) is 12.2 Å². The Kier molecular flexibility index (Phi) is 10.1. The molecule has 0 N–H and O–H groups in total. The van der Waals surface area contributed by atoms with E-state index in [9.17, 15) is 0 Å². The molecule has 3 heteroatoms. The SMILES string of the molecule is C=C/C=C/C(=C\C(=NC=C)C1=CCCC=C1)C(C)N1CCC(N(CC)CC)CC1. The zero-order valence-corrected chi connectivity index (χ0v) is 18.7. The molecule has 0 radical (unpaired) electrons. The number of piperidine rings is 1. The predicted molar refractivity (Wildman–Crippen MR) is 128 cm³/mol. The number of hydrogen-bond acceptors (Lipinski definition) is 3. The van der Waals surface area contributed by atoms with Crippen molar-refractivity contribution in [3.63, 3.8) is 0 Å². The van der Waals surface area contributed by atoms with Crippen LogP contribution >= 0.6 is 0 Å². The van der Waals surface area contributed by atoms with Gasteiger partial charge in [-0.1, -0.05) is 63.5 Å². The number of nitrogens with zero attached hydrogens (tertiary/aromatic N) is 3. The summed E-state index contributed by atoms with van der Waals surface area (Å²) in [6.45, 7) is 19.1. The highest BCUT2D eigenvalue weighted by Crippen LogP contribution is 2.23. The van der Waals surface area contributed by atoms with Crippen molar-refractivity contribution in [2.75, 3.05) is 26.2 Å². The van der Waals surface area contributed by atoms with Crippen LogP contribution in [-0.4, -0.2) is 53.8 Å². The van der Waals surface area contributed by atoms with Crippen molar-refractivity contribution >= 4 is 5.71 Å². The number of rotatable bonds is 10. The molecule has 3 nitrogen and oxygen atoms in total. The number of allylic oxidation sites excluding steroid dienone is 7. The van der Waals surface area contributed by atoms with Gasteiger partial charge in [-0.05, 0) is 62.9 Å². The summed E-state index contributed by atoms with van der Waals surface area (Å²) in [7, 11) is 0. The van der Waals surface area contributed by atoms with E-state index in [1.54, 1.807) is 6.20 Å². The zero-order valence-electron chi connectivity index (χ0n) is 18.7. The molecule has 0 spiro atoms. The predicted octanol–water partition coefficient (Wildman–Crippen LogP) is 5.71. The van der Waals surface area contributed by atoms with Gasteiger partial charge < -0.3 is 4.90 Å². The minimum atomic E-state index is 0.340. The van der Waals surface area contributed by atoms with Gasteiger partial charge in [0.15, 0.2) is 0 Å². The summed E-state index contributed by atoms with van der Waals surface area (Å²) in [6.07, 6.45) is 21.3. The van der Waals surface area contributed by atoms with Crippen molar-refractivity contribution in [2.45, 2.75) is 58.5 Å². The molecule has 1 aliphatic carbocycles. The fourth-order valence-electron chi connectivity index (χ4n) is 4.33. The van der Waals surface area contributed by atoms with Crippen molar-refractivity contribution in [3.05, 3.63) is 73.0 Å². The zero-order chi connectivity index (χ0) is 21.1. The Morgan fingerprint density at radius 2 is 1.97 bits per heavy atom. The second-order valence-electron chi connectivity index (χ2n) is 7.74. The second kappa shape index (κ2) is 12.6. The molecule has 1 unspecified atom stereocenters. The van der Waals surface area contributed by atoms with Gasteiger partial charge in [0.2, 0.25) is 0 Å². The Morgan fingerprint density at radius 1 is 1.24 bits per heavy atom. The summed E-state index contributed by atoms with van der Waals surface area (Å²) in [4.78, 5) is 9.79. The second-order valence-corrected chi connectivity index (χ2v) is 7.74. The Bertz CT molecular complexity index is 681.